The molecule has 0 amide bonds. The van der Waals surface area contributed by atoms with Crippen LogP contribution in [0, 0.1) is 6.92 Å². The summed E-state index contributed by atoms with van der Waals surface area (Å²) in [5.41, 5.74) is 8.59. The molecule has 5 heteroatoms. The number of nitrogens with two attached hydrogens (primary N) is 1. The van der Waals surface area contributed by atoms with Gasteiger partial charge in [0.15, 0.2) is 0 Å². The van der Waals surface area contributed by atoms with E-state index in [1.807, 2.05) is 14.0 Å². The number of carbonyl (C=O) groups is 1. The minimum atomic E-state index is -0.384. The highest BCUT2D eigenvalue weighted by Crippen LogP contribution is 2.14. The zero-order valence-electron chi connectivity index (χ0n) is 10.4. The normalized spacial score (nSPS) is 10.3. The van der Waals surface area contributed by atoms with E-state index >= 15 is 0 Å². The Balaban J connectivity index is 2.01. The molecule has 94 valence electrons. The molecule has 0 saturated heterocycles. The van der Waals surface area contributed by atoms with Crippen molar-refractivity contribution in [3.8, 4) is 0 Å². The third-order valence-corrected chi connectivity index (χ3v) is 2.64. The SMILES string of the molecule is Cc1ccc(C(=O)OCc2cnn(C)c2)cc1N. The Labute approximate surface area is 105 Å². The molecule has 0 atom stereocenters. The molecular formula is C13H15N3O2. The van der Waals surface area contributed by atoms with Gasteiger partial charge in [-0.2, -0.15) is 5.10 Å². The molecule has 0 fully saturated rings. The fourth-order valence-corrected chi connectivity index (χ4v) is 1.55. The van der Waals surface area contributed by atoms with Crippen LogP contribution >= 0.6 is 0 Å². The van der Waals surface area contributed by atoms with Gasteiger partial charge in [-0.05, 0) is 24.6 Å². The maximum atomic E-state index is 11.8. The van der Waals surface area contributed by atoms with Crippen LogP contribution in [0.1, 0.15) is 21.5 Å². The molecule has 2 aromatic rings. The van der Waals surface area contributed by atoms with Gasteiger partial charge in [0.1, 0.15) is 6.61 Å². The molecule has 0 aliphatic carbocycles. The Morgan fingerprint density at radius 2 is 2.28 bits per heavy atom. The van der Waals surface area contributed by atoms with Gasteiger partial charge in [-0.25, -0.2) is 4.79 Å². The van der Waals surface area contributed by atoms with Gasteiger partial charge in [-0.15, -0.1) is 0 Å². The van der Waals surface area contributed by atoms with E-state index in [0.29, 0.717) is 11.3 Å². The van der Waals surface area contributed by atoms with Gasteiger partial charge in [0.25, 0.3) is 0 Å². The molecule has 2 N–H and O–H groups in total. The lowest BCUT2D eigenvalue weighted by Gasteiger charge is -2.05. The molecule has 1 aromatic carbocycles. The van der Waals surface area contributed by atoms with Crippen molar-refractivity contribution in [1.29, 1.82) is 0 Å². The summed E-state index contributed by atoms with van der Waals surface area (Å²) in [5.74, 6) is -0.384. The smallest absolute Gasteiger partial charge is 0.338 e. The second-order valence-corrected chi connectivity index (χ2v) is 4.17. The first-order valence-corrected chi connectivity index (χ1v) is 5.57. The quantitative estimate of drug-likeness (QED) is 0.659. The first kappa shape index (κ1) is 12.2. The van der Waals surface area contributed by atoms with Crippen LogP contribution in [-0.2, 0) is 18.4 Å². The largest absolute Gasteiger partial charge is 0.457 e. The number of carbonyl (C=O) groups excluding carboxylic acids is 1. The molecule has 0 unspecified atom stereocenters. The molecular weight excluding hydrogens is 230 g/mol. The van der Waals surface area contributed by atoms with Crippen molar-refractivity contribution in [2.24, 2.45) is 7.05 Å². The highest BCUT2D eigenvalue weighted by atomic mass is 16.5. The van der Waals surface area contributed by atoms with Crippen molar-refractivity contribution < 1.29 is 9.53 Å². The van der Waals surface area contributed by atoms with Crippen LogP contribution in [0.4, 0.5) is 5.69 Å². The Bertz CT molecular complexity index is 575. The molecule has 0 saturated carbocycles. The summed E-state index contributed by atoms with van der Waals surface area (Å²) in [5, 5.41) is 4.00. The maximum Gasteiger partial charge on any atom is 0.338 e. The van der Waals surface area contributed by atoms with E-state index in [9.17, 15) is 4.79 Å². The number of esters is 1. The number of hydrogen-bond acceptors (Lipinski definition) is 4. The zero-order chi connectivity index (χ0) is 13.1. The fourth-order valence-electron chi connectivity index (χ4n) is 1.55. The predicted octanol–water partition coefficient (Wildman–Crippen LogP) is 1.67. The summed E-state index contributed by atoms with van der Waals surface area (Å²) in [6.45, 7) is 2.10. The molecule has 1 aromatic heterocycles. The fraction of sp³-hybridized carbons (Fsp3) is 0.231. The van der Waals surface area contributed by atoms with Crippen molar-refractivity contribution >= 4 is 11.7 Å². The lowest BCUT2D eigenvalue weighted by atomic mass is 10.1. The van der Waals surface area contributed by atoms with Gasteiger partial charge in [0, 0.05) is 24.5 Å². The Morgan fingerprint density at radius 1 is 1.50 bits per heavy atom. The van der Waals surface area contributed by atoms with Crippen LogP contribution in [0.15, 0.2) is 30.6 Å². The first-order valence-electron chi connectivity index (χ1n) is 5.57. The van der Waals surface area contributed by atoms with Gasteiger partial charge in [0.05, 0.1) is 11.8 Å². The highest BCUT2D eigenvalue weighted by Gasteiger charge is 2.09. The van der Waals surface area contributed by atoms with E-state index in [4.69, 9.17) is 10.5 Å². The first-order chi connectivity index (χ1) is 8.56. The number of rotatable bonds is 3. The minimum Gasteiger partial charge on any atom is -0.457 e. The number of hydrogen-bond donors (Lipinski definition) is 1. The summed E-state index contributed by atoms with van der Waals surface area (Å²) in [6.07, 6.45) is 3.47. The van der Waals surface area contributed by atoms with Gasteiger partial charge in [0.2, 0.25) is 0 Å². The number of nitrogens with zero attached hydrogens (tertiary/aromatic N) is 2. The zero-order valence-corrected chi connectivity index (χ0v) is 10.4. The van der Waals surface area contributed by atoms with Crippen LogP contribution in [0.2, 0.25) is 0 Å². The Hall–Kier alpha value is -2.30. The Kier molecular flexibility index (Phi) is 3.32. The molecule has 1 heterocycles. The highest BCUT2D eigenvalue weighted by molar-refractivity contribution is 5.90. The third-order valence-electron chi connectivity index (χ3n) is 2.64. The number of aryl methyl sites for hydroxylation is 2. The topological polar surface area (TPSA) is 70.1 Å². The summed E-state index contributed by atoms with van der Waals surface area (Å²) in [7, 11) is 1.81. The molecule has 0 aliphatic heterocycles. The third kappa shape index (κ3) is 2.68. The number of benzene rings is 1. The average molecular weight is 245 g/mol. The van der Waals surface area contributed by atoms with E-state index in [0.717, 1.165) is 11.1 Å². The van der Waals surface area contributed by atoms with Gasteiger partial charge in [-0.3, -0.25) is 4.68 Å². The number of ether oxygens (including phenoxy) is 1. The van der Waals surface area contributed by atoms with Crippen LogP contribution in [-0.4, -0.2) is 15.7 Å². The number of anilines is 1. The van der Waals surface area contributed by atoms with Crippen molar-refractivity contribution in [3.05, 3.63) is 47.3 Å². The summed E-state index contributed by atoms with van der Waals surface area (Å²) >= 11 is 0. The van der Waals surface area contributed by atoms with E-state index in [1.54, 1.807) is 35.3 Å². The van der Waals surface area contributed by atoms with E-state index in [1.165, 1.54) is 0 Å². The maximum absolute atomic E-state index is 11.8. The number of aromatic nitrogens is 2. The average Bonchev–Trinajstić information content (AvgIpc) is 2.75. The van der Waals surface area contributed by atoms with Gasteiger partial charge in [-0.1, -0.05) is 6.07 Å². The molecule has 5 nitrogen and oxygen atoms in total. The second kappa shape index (κ2) is 4.91. The van der Waals surface area contributed by atoms with Crippen LogP contribution in [0.25, 0.3) is 0 Å². The molecule has 0 spiro atoms. The van der Waals surface area contributed by atoms with E-state index in [-0.39, 0.29) is 12.6 Å². The second-order valence-electron chi connectivity index (χ2n) is 4.17. The van der Waals surface area contributed by atoms with E-state index < -0.39 is 0 Å². The summed E-state index contributed by atoms with van der Waals surface area (Å²) in [6, 6.07) is 5.13. The monoisotopic (exact) mass is 245 g/mol. The van der Waals surface area contributed by atoms with Crippen molar-refractivity contribution in [1.82, 2.24) is 9.78 Å². The lowest BCUT2D eigenvalue weighted by molar-refractivity contribution is 0.0472. The summed E-state index contributed by atoms with van der Waals surface area (Å²) in [4.78, 5) is 11.8. The Morgan fingerprint density at radius 3 is 2.89 bits per heavy atom. The standard InChI is InChI=1S/C13H15N3O2/c1-9-3-4-11(5-12(9)14)13(17)18-8-10-6-15-16(2)7-10/h3-7H,8,14H2,1-2H3. The van der Waals surface area contributed by atoms with Crippen molar-refractivity contribution in [2.75, 3.05) is 5.73 Å². The van der Waals surface area contributed by atoms with Crippen LogP contribution < -0.4 is 5.73 Å². The van der Waals surface area contributed by atoms with Crippen LogP contribution in [0.5, 0.6) is 0 Å². The van der Waals surface area contributed by atoms with Gasteiger partial charge < -0.3 is 10.5 Å². The minimum absolute atomic E-state index is 0.209. The summed E-state index contributed by atoms with van der Waals surface area (Å²) < 4.78 is 6.83. The molecule has 0 radical (unpaired) electrons. The van der Waals surface area contributed by atoms with E-state index in [2.05, 4.69) is 5.10 Å². The van der Waals surface area contributed by atoms with Crippen LogP contribution in [0.3, 0.4) is 0 Å². The molecule has 0 aliphatic rings. The lowest BCUT2D eigenvalue weighted by Crippen LogP contribution is -2.06. The van der Waals surface area contributed by atoms with Gasteiger partial charge >= 0.3 is 5.97 Å². The predicted molar refractivity (Wildman–Crippen MR) is 67.9 cm³/mol. The molecule has 2 rings (SSSR count). The molecule has 0 bridgehead atoms. The molecule has 18 heavy (non-hydrogen) atoms. The van der Waals surface area contributed by atoms with Crippen molar-refractivity contribution in [2.45, 2.75) is 13.5 Å². The number of nitrogen functional groups attached to an aromatic ring is 1. The van der Waals surface area contributed by atoms with Crippen molar-refractivity contribution in [3.63, 3.8) is 0 Å².